The van der Waals surface area contributed by atoms with Crippen LogP contribution in [-0.2, 0) is 0 Å². The molecule has 0 aliphatic carbocycles. The van der Waals surface area contributed by atoms with Crippen LogP contribution in [-0.4, -0.2) is 41.9 Å². The zero-order chi connectivity index (χ0) is 27.7. The minimum absolute atomic E-state index is 0.0364. The SMILES string of the molecule is COc1ccc(-c2[nH]c(C)c(C(=O)Nc3cccc(C(=O)N4CCCC4)c3)[n+]2[O-])cc1-c1c(C)cccc1C. The van der Waals surface area contributed by atoms with Gasteiger partial charge in [0.2, 0.25) is 5.69 Å². The van der Waals surface area contributed by atoms with Crippen molar-refractivity contribution in [1.29, 1.82) is 0 Å². The second kappa shape index (κ2) is 10.6. The first-order valence-corrected chi connectivity index (χ1v) is 13.1. The molecule has 1 aromatic heterocycles. The topological polar surface area (TPSA) is 101 Å². The van der Waals surface area contributed by atoms with Gasteiger partial charge in [0.05, 0.1) is 12.7 Å². The zero-order valence-electron chi connectivity index (χ0n) is 22.6. The van der Waals surface area contributed by atoms with Gasteiger partial charge < -0.3 is 20.2 Å². The van der Waals surface area contributed by atoms with E-state index >= 15 is 0 Å². The molecule has 3 aromatic carbocycles. The Morgan fingerprint density at radius 1 is 0.974 bits per heavy atom. The van der Waals surface area contributed by atoms with Crippen LogP contribution in [0.3, 0.4) is 0 Å². The van der Waals surface area contributed by atoms with Crippen molar-refractivity contribution in [1.82, 2.24) is 9.88 Å². The Morgan fingerprint density at radius 2 is 1.67 bits per heavy atom. The Kier molecular flexibility index (Phi) is 7.11. The molecule has 1 saturated heterocycles. The van der Waals surface area contributed by atoms with E-state index in [9.17, 15) is 14.8 Å². The first-order valence-electron chi connectivity index (χ1n) is 13.1. The summed E-state index contributed by atoms with van der Waals surface area (Å²) >= 11 is 0. The number of carbonyl (C=O) groups excluding carboxylic acids is 2. The molecule has 8 heteroatoms. The zero-order valence-corrected chi connectivity index (χ0v) is 22.6. The lowest BCUT2D eigenvalue weighted by atomic mass is 9.93. The highest BCUT2D eigenvalue weighted by molar-refractivity contribution is 6.04. The third-order valence-corrected chi connectivity index (χ3v) is 7.27. The molecule has 8 nitrogen and oxygen atoms in total. The van der Waals surface area contributed by atoms with E-state index in [4.69, 9.17) is 4.74 Å². The van der Waals surface area contributed by atoms with Gasteiger partial charge in [0.1, 0.15) is 5.75 Å². The Balaban J connectivity index is 1.46. The molecule has 1 aliphatic rings. The number of carbonyl (C=O) groups is 2. The van der Waals surface area contributed by atoms with Crippen LogP contribution >= 0.6 is 0 Å². The Bertz CT molecular complexity index is 1550. The van der Waals surface area contributed by atoms with Crippen molar-refractivity contribution in [2.45, 2.75) is 33.6 Å². The van der Waals surface area contributed by atoms with Gasteiger partial charge in [-0.15, -0.1) is 0 Å². The Hall–Kier alpha value is -4.59. The molecule has 0 saturated carbocycles. The lowest BCUT2D eigenvalue weighted by Crippen LogP contribution is -2.36. The number of rotatable bonds is 6. The van der Waals surface area contributed by atoms with Gasteiger partial charge in [0.25, 0.3) is 17.6 Å². The molecule has 39 heavy (non-hydrogen) atoms. The number of nitrogens with zero attached hydrogens (tertiary/aromatic N) is 2. The minimum Gasteiger partial charge on any atom is -0.710 e. The van der Waals surface area contributed by atoms with Crippen molar-refractivity contribution in [2.75, 3.05) is 25.5 Å². The van der Waals surface area contributed by atoms with Gasteiger partial charge >= 0.3 is 0 Å². The first kappa shape index (κ1) is 26.0. The van der Waals surface area contributed by atoms with Gasteiger partial charge in [-0.1, -0.05) is 24.3 Å². The van der Waals surface area contributed by atoms with Crippen molar-refractivity contribution in [3.63, 3.8) is 0 Å². The van der Waals surface area contributed by atoms with Gasteiger partial charge in [0.15, 0.2) is 5.69 Å². The third-order valence-electron chi connectivity index (χ3n) is 7.27. The molecular weight excluding hydrogens is 492 g/mol. The van der Waals surface area contributed by atoms with Crippen LogP contribution in [0.5, 0.6) is 5.75 Å². The monoisotopic (exact) mass is 524 g/mol. The van der Waals surface area contributed by atoms with Crippen molar-refractivity contribution < 1.29 is 19.1 Å². The lowest BCUT2D eigenvalue weighted by molar-refractivity contribution is -0.594. The van der Waals surface area contributed by atoms with Gasteiger partial charge in [-0.25, -0.2) is 9.71 Å². The summed E-state index contributed by atoms with van der Waals surface area (Å²) < 4.78 is 6.26. The number of hydrogen-bond donors (Lipinski definition) is 2. The molecular formula is C31H32N4O4. The largest absolute Gasteiger partial charge is 0.710 e. The van der Waals surface area contributed by atoms with Crippen LogP contribution in [0, 0.1) is 26.0 Å². The number of amides is 2. The number of imidazole rings is 1. The third kappa shape index (κ3) is 4.97. The molecule has 0 spiro atoms. The van der Waals surface area contributed by atoms with Crippen LogP contribution in [0.15, 0.2) is 60.7 Å². The number of aromatic amines is 1. The molecule has 2 N–H and O–H groups in total. The maximum absolute atomic E-state index is 13.4. The second-order valence-electron chi connectivity index (χ2n) is 9.96. The fourth-order valence-corrected chi connectivity index (χ4v) is 5.32. The predicted octanol–water partition coefficient (Wildman–Crippen LogP) is 5.40. The lowest BCUT2D eigenvalue weighted by Gasteiger charge is -2.16. The number of anilines is 1. The van der Waals surface area contributed by atoms with E-state index in [0.29, 0.717) is 33.0 Å². The summed E-state index contributed by atoms with van der Waals surface area (Å²) in [4.78, 5) is 30.9. The average molecular weight is 525 g/mol. The van der Waals surface area contributed by atoms with E-state index in [1.54, 1.807) is 44.4 Å². The fourth-order valence-electron chi connectivity index (χ4n) is 5.32. The van der Waals surface area contributed by atoms with E-state index in [1.807, 2.05) is 49.1 Å². The highest BCUT2D eigenvalue weighted by atomic mass is 16.5. The summed E-state index contributed by atoms with van der Waals surface area (Å²) in [5.41, 5.74) is 6.08. The summed E-state index contributed by atoms with van der Waals surface area (Å²) in [5.74, 6) is 0.338. The number of aromatic nitrogens is 2. The van der Waals surface area contributed by atoms with Gasteiger partial charge in [-0.05, 0) is 79.8 Å². The van der Waals surface area contributed by atoms with E-state index in [0.717, 1.165) is 48.2 Å². The fraction of sp³-hybridized carbons (Fsp3) is 0.258. The van der Waals surface area contributed by atoms with Crippen LogP contribution < -0.4 is 14.8 Å². The number of likely N-dealkylation sites (tertiary alicyclic amines) is 1. The molecule has 2 amide bonds. The van der Waals surface area contributed by atoms with Gasteiger partial charge in [0, 0.05) is 36.8 Å². The van der Waals surface area contributed by atoms with Crippen LogP contribution in [0.2, 0.25) is 0 Å². The molecule has 200 valence electrons. The molecule has 5 rings (SSSR count). The minimum atomic E-state index is -0.556. The maximum atomic E-state index is 13.4. The molecule has 0 unspecified atom stereocenters. The van der Waals surface area contributed by atoms with Crippen molar-refractivity contribution in [3.05, 3.63) is 93.9 Å². The number of methoxy groups -OCH3 is 1. The molecule has 2 heterocycles. The molecule has 1 aliphatic heterocycles. The smallest absolute Gasteiger partial charge is 0.300 e. The standard InChI is InChI=1S/C31H32N4O4/c1-19-9-7-10-20(2)27(19)25-18-22(13-14-26(25)39-4)29-32-21(3)28(35(29)38)30(36)33-24-12-8-11-23(17-24)31(37)34-15-5-6-16-34/h7-14,17-18,32H,5-6,15-16H2,1-4H3,(H,33,36). The van der Waals surface area contributed by atoms with Crippen LogP contribution in [0.1, 0.15) is 50.5 Å². The first-order chi connectivity index (χ1) is 18.8. The van der Waals surface area contributed by atoms with Crippen LogP contribution in [0.25, 0.3) is 22.5 Å². The molecule has 0 atom stereocenters. The van der Waals surface area contributed by atoms with E-state index in [2.05, 4.69) is 10.3 Å². The number of H-pyrrole nitrogens is 1. The van der Waals surface area contributed by atoms with Crippen LogP contribution in [0.4, 0.5) is 5.69 Å². The number of nitrogens with one attached hydrogen (secondary N) is 2. The molecule has 0 radical (unpaired) electrons. The molecule has 4 aromatic rings. The molecule has 1 fully saturated rings. The summed E-state index contributed by atoms with van der Waals surface area (Å²) in [6, 6.07) is 18.4. The van der Waals surface area contributed by atoms with E-state index in [1.165, 1.54) is 0 Å². The van der Waals surface area contributed by atoms with Crippen molar-refractivity contribution >= 4 is 17.5 Å². The number of aryl methyl sites for hydroxylation is 3. The Morgan fingerprint density at radius 3 is 2.36 bits per heavy atom. The number of hydrogen-bond acceptors (Lipinski definition) is 4. The summed E-state index contributed by atoms with van der Waals surface area (Å²) in [6.07, 6.45) is 2.00. The van der Waals surface area contributed by atoms with Crippen molar-refractivity contribution in [3.8, 4) is 28.3 Å². The average Bonchev–Trinajstić information content (AvgIpc) is 3.56. The summed E-state index contributed by atoms with van der Waals surface area (Å²) in [7, 11) is 1.62. The second-order valence-corrected chi connectivity index (χ2v) is 9.96. The maximum Gasteiger partial charge on any atom is 0.300 e. The van der Waals surface area contributed by atoms with E-state index in [-0.39, 0.29) is 17.4 Å². The molecule has 0 bridgehead atoms. The van der Waals surface area contributed by atoms with E-state index < -0.39 is 5.91 Å². The number of ether oxygens (including phenoxy) is 1. The normalized spacial score (nSPS) is 13.0. The van der Waals surface area contributed by atoms with Crippen molar-refractivity contribution in [2.24, 2.45) is 0 Å². The Labute approximate surface area is 227 Å². The summed E-state index contributed by atoms with van der Waals surface area (Å²) in [5, 5.41) is 16.2. The summed E-state index contributed by atoms with van der Waals surface area (Å²) in [6.45, 7) is 7.26. The highest BCUT2D eigenvalue weighted by Gasteiger charge is 2.27. The quantitative estimate of drug-likeness (QED) is 0.260. The number of benzene rings is 3. The van der Waals surface area contributed by atoms with Gasteiger partial charge in [-0.3, -0.25) is 9.59 Å². The highest BCUT2D eigenvalue weighted by Crippen LogP contribution is 2.37. The predicted molar refractivity (Wildman–Crippen MR) is 151 cm³/mol. The van der Waals surface area contributed by atoms with Gasteiger partial charge in [-0.2, -0.15) is 0 Å².